The molecule has 28 heavy (non-hydrogen) atoms. The zero-order valence-electron chi connectivity index (χ0n) is 15.9. The number of amides is 3. The van der Waals surface area contributed by atoms with Gasteiger partial charge in [0.15, 0.2) is 0 Å². The number of nitrogens with one attached hydrogen (secondary N) is 3. The molecule has 0 saturated heterocycles. The normalized spacial score (nSPS) is 10.4. The van der Waals surface area contributed by atoms with E-state index in [1.54, 1.807) is 50.2 Å². The minimum Gasteiger partial charge on any atom is -0.354 e. The average molecular weight is 385 g/mol. The number of rotatable bonds is 8. The van der Waals surface area contributed by atoms with Crippen LogP contribution in [0.3, 0.4) is 0 Å². The van der Waals surface area contributed by atoms with Crippen molar-refractivity contribution in [1.82, 2.24) is 10.6 Å². The molecule has 0 heterocycles. The Kier molecular flexibility index (Phi) is 7.68. The first-order valence-corrected chi connectivity index (χ1v) is 9.05. The Balaban J connectivity index is 1.71. The van der Waals surface area contributed by atoms with Crippen LogP contribution < -0.4 is 16.0 Å². The molecule has 0 aliphatic carbocycles. The van der Waals surface area contributed by atoms with Gasteiger partial charge in [-0.25, -0.2) is 4.39 Å². The van der Waals surface area contributed by atoms with Gasteiger partial charge in [-0.2, -0.15) is 0 Å². The molecule has 0 aromatic heterocycles. The molecular weight excluding hydrogens is 361 g/mol. The van der Waals surface area contributed by atoms with Crippen LogP contribution in [-0.4, -0.2) is 30.8 Å². The van der Waals surface area contributed by atoms with Gasteiger partial charge in [-0.15, -0.1) is 0 Å². The average Bonchev–Trinajstić information content (AvgIpc) is 2.67. The van der Waals surface area contributed by atoms with Crippen molar-refractivity contribution in [2.45, 2.75) is 20.3 Å². The fourth-order valence-corrected chi connectivity index (χ4v) is 2.32. The van der Waals surface area contributed by atoms with Gasteiger partial charge in [0.25, 0.3) is 5.91 Å². The Bertz CT molecular complexity index is 818. The Morgan fingerprint density at radius 1 is 0.893 bits per heavy atom. The Morgan fingerprint density at radius 3 is 2.11 bits per heavy atom. The Morgan fingerprint density at radius 2 is 1.50 bits per heavy atom. The predicted molar refractivity (Wildman–Crippen MR) is 105 cm³/mol. The number of carbonyl (C=O) groups excluding carboxylic acids is 3. The predicted octanol–water partition coefficient (Wildman–Crippen LogP) is 2.51. The van der Waals surface area contributed by atoms with Crippen LogP contribution in [0.4, 0.5) is 10.1 Å². The SMILES string of the molecule is CC(C)C(=O)Nc1ccc(C(=O)NCCNC(=O)Cc2ccc(F)cc2)cc1. The first-order chi connectivity index (χ1) is 13.3. The monoisotopic (exact) mass is 385 g/mol. The van der Waals surface area contributed by atoms with Gasteiger partial charge in [-0.3, -0.25) is 14.4 Å². The highest BCUT2D eigenvalue weighted by Crippen LogP contribution is 2.11. The van der Waals surface area contributed by atoms with Gasteiger partial charge < -0.3 is 16.0 Å². The third-order valence-corrected chi connectivity index (χ3v) is 3.95. The van der Waals surface area contributed by atoms with E-state index in [1.165, 1.54) is 12.1 Å². The Labute approximate surface area is 163 Å². The van der Waals surface area contributed by atoms with Crippen molar-refractivity contribution in [3.63, 3.8) is 0 Å². The summed E-state index contributed by atoms with van der Waals surface area (Å²) in [4.78, 5) is 35.6. The maximum absolute atomic E-state index is 12.8. The molecule has 0 unspecified atom stereocenters. The number of anilines is 1. The van der Waals surface area contributed by atoms with Crippen LogP contribution in [0.25, 0.3) is 0 Å². The van der Waals surface area contributed by atoms with E-state index in [0.29, 0.717) is 16.8 Å². The van der Waals surface area contributed by atoms with Crippen LogP contribution in [0.5, 0.6) is 0 Å². The number of hydrogen-bond acceptors (Lipinski definition) is 3. The van der Waals surface area contributed by atoms with E-state index in [9.17, 15) is 18.8 Å². The zero-order chi connectivity index (χ0) is 20.5. The molecule has 2 aromatic rings. The molecule has 3 N–H and O–H groups in total. The summed E-state index contributed by atoms with van der Waals surface area (Å²) in [6, 6.07) is 12.3. The molecule has 2 rings (SSSR count). The lowest BCUT2D eigenvalue weighted by molar-refractivity contribution is -0.120. The molecule has 2 aromatic carbocycles. The lowest BCUT2D eigenvalue weighted by Gasteiger charge is -2.09. The molecule has 0 bridgehead atoms. The second-order valence-electron chi connectivity index (χ2n) is 6.63. The van der Waals surface area contributed by atoms with Crippen LogP contribution >= 0.6 is 0 Å². The minimum absolute atomic E-state index is 0.0893. The van der Waals surface area contributed by atoms with E-state index in [2.05, 4.69) is 16.0 Å². The van der Waals surface area contributed by atoms with Gasteiger partial charge in [0.1, 0.15) is 5.82 Å². The van der Waals surface area contributed by atoms with Gasteiger partial charge in [0.05, 0.1) is 6.42 Å². The lowest BCUT2D eigenvalue weighted by Crippen LogP contribution is -2.35. The molecule has 0 saturated carbocycles. The first kappa shape index (κ1) is 21.1. The zero-order valence-corrected chi connectivity index (χ0v) is 15.9. The highest BCUT2D eigenvalue weighted by molar-refractivity contribution is 5.96. The summed E-state index contributed by atoms with van der Waals surface area (Å²) in [6.07, 6.45) is 0.151. The highest BCUT2D eigenvalue weighted by atomic mass is 19.1. The molecule has 0 aliphatic rings. The van der Waals surface area contributed by atoms with Gasteiger partial charge >= 0.3 is 0 Å². The van der Waals surface area contributed by atoms with Crippen molar-refractivity contribution >= 4 is 23.4 Å². The van der Waals surface area contributed by atoms with Crippen molar-refractivity contribution in [3.05, 3.63) is 65.5 Å². The summed E-state index contributed by atoms with van der Waals surface area (Å²) in [5, 5.41) is 8.17. The van der Waals surface area contributed by atoms with Crippen molar-refractivity contribution in [2.24, 2.45) is 5.92 Å². The van der Waals surface area contributed by atoms with E-state index >= 15 is 0 Å². The topological polar surface area (TPSA) is 87.3 Å². The van der Waals surface area contributed by atoms with E-state index in [1.807, 2.05) is 0 Å². The van der Waals surface area contributed by atoms with Crippen molar-refractivity contribution < 1.29 is 18.8 Å². The largest absolute Gasteiger partial charge is 0.354 e. The van der Waals surface area contributed by atoms with Crippen molar-refractivity contribution in [1.29, 1.82) is 0 Å². The quantitative estimate of drug-likeness (QED) is 0.610. The van der Waals surface area contributed by atoms with E-state index in [-0.39, 0.29) is 49.0 Å². The molecule has 0 radical (unpaired) electrons. The van der Waals surface area contributed by atoms with E-state index in [4.69, 9.17) is 0 Å². The smallest absolute Gasteiger partial charge is 0.251 e. The van der Waals surface area contributed by atoms with Crippen LogP contribution in [-0.2, 0) is 16.0 Å². The maximum Gasteiger partial charge on any atom is 0.251 e. The fraction of sp³-hybridized carbons (Fsp3) is 0.286. The van der Waals surface area contributed by atoms with Gasteiger partial charge in [0, 0.05) is 30.3 Å². The molecular formula is C21H24FN3O3. The molecule has 3 amide bonds. The van der Waals surface area contributed by atoms with Crippen LogP contribution in [0.15, 0.2) is 48.5 Å². The molecule has 148 valence electrons. The highest BCUT2D eigenvalue weighted by Gasteiger charge is 2.09. The van der Waals surface area contributed by atoms with Crippen LogP contribution in [0, 0.1) is 11.7 Å². The second kappa shape index (κ2) is 10.2. The third-order valence-electron chi connectivity index (χ3n) is 3.95. The number of carbonyl (C=O) groups is 3. The van der Waals surface area contributed by atoms with Crippen molar-refractivity contribution in [2.75, 3.05) is 18.4 Å². The second-order valence-corrected chi connectivity index (χ2v) is 6.63. The fourth-order valence-electron chi connectivity index (χ4n) is 2.32. The molecule has 7 heteroatoms. The third kappa shape index (κ3) is 6.83. The molecule has 0 atom stereocenters. The van der Waals surface area contributed by atoms with E-state index in [0.717, 1.165) is 0 Å². The summed E-state index contributed by atoms with van der Waals surface area (Å²) in [5.41, 5.74) is 1.80. The Hall–Kier alpha value is -3.22. The standard InChI is InChI=1S/C21H24FN3O3/c1-14(2)20(27)25-18-9-5-16(6-10-18)21(28)24-12-11-23-19(26)13-15-3-7-17(22)8-4-15/h3-10,14H,11-13H2,1-2H3,(H,23,26)(H,24,28)(H,25,27). The first-order valence-electron chi connectivity index (χ1n) is 9.05. The van der Waals surface area contributed by atoms with E-state index < -0.39 is 0 Å². The molecule has 0 aliphatic heterocycles. The maximum atomic E-state index is 12.8. The lowest BCUT2D eigenvalue weighted by atomic mass is 10.1. The number of benzene rings is 2. The summed E-state index contributed by atoms with van der Waals surface area (Å²) < 4.78 is 12.8. The molecule has 6 nitrogen and oxygen atoms in total. The van der Waals surface area contributed by atoms with Crippen molar-refractivity contribution in [3.8, 4) is 0 Å². The molecule has 0 spiro atoms. The minimum atomic E-state index is -0.345. The van der Waals surface area contributed by atoms with Gasteiger partial charge in [-0.05, 0) is 42.0 Å². The van der Waals surface area contributed by atoms with Crippen LogP contribution in [0.1, 0.15) is 29.8 Å². The van der Waals surface area contributed by atoms with Gasteiger partial charge in [0.2, 0.25) is 11.8 Å². The summed E-state index contributed by atoms with van der Waals surface area (Å²) in [5.74, 6) is -1.03. The summed E-state index contributed by atoms with van der Waals surface area (Å²) in [7, 11) is 0. The van der Waals surface area contributed by atoms with Crippen LogP contribution in [0.2, 0.25) is 0 Å². The summed E-state index contributed by atoms with van der Waals surface area (Å²) >= 11 is 0. The number of hydrogen-bond donors (Lipinski definition) is 3. The molecule has 0 fully saturated rings. The summed E-state index contributed by atoms with van der Waals surface area (Å²) in [6.45, 7) is 4.17. The van der Waals surface area contributed by atoms with Gasteiger partial charge in [-0.1, -0.05) is 26.0 Å². The number of halogens is 1.